The summed E-state index contributed by atoms with van der Waals surface area (Å²) in [7, 11) is 1.57. The first-order chi connectivity index (χ1) is 8.28. The molecule has 0 aromatic rings. The first kappa shape index (κ1) is 15.2. The maximum absolute atomic E-state index is 12.0. The van der Waals surface area contributed by atoms with Crippen LogP contribution in [-0.2, 0) is 4.79 Å². The van der Waals surface area contributed by atoms with Gasteiger partial charge in [0.2, 0.25) is 0 Å². The lowest BCUT2D eigenvalue weighted by Crippen LogP contribution is -2.40. The van der Waals surface area contributed by atoms with Crippen molar-refractivity contribution in [2.45, 2.75) is 43.9 Å². The topological polar surface area (TPSA) is 52.6 Å². The molecule has 0 amide bonds. The van der Waals surface area contributed by atoms with Crippen molar-refractivity contribution in [1.29, 1.82) is 0 Å². The zero-order valence-electron chi connectivity index (χ0n) is 10.3. The molecule has 0 aromatic carbocycles. The summed E-state index contributed by atoms with van der Waals surface area (Å²) in [5, 5.41) is 11.9. The minimum Gasteiger partial charge on any atom is -0.480 e. The van der Waals surface area contributed by atoms with Gasteiger partial charge in [-0.2, -0.15) is 13.2 Å². The standard InChI is InChI=1S/C11H19F3N2O2/c1-16(7-5-11(12,13)14)6-4-9(10(17)18)15-8-2-3-8/h8-9,15H,2-7H2,1H3,(H,17,18). The van der Waals surface area contributed by atoms with Crippen LogP contribution in [0.15, 0.2) is 0 Å². The van der Waals surface area contributed by atoms with E-state index in [-0.39, 0.29) is 12.6 Å². The molecular weight excluding hydrogens is 249 g/mol. The van der Waals surface area contributed by atoms with E-state index in [1.54, 1.807) is 7.05 Å². The molecule has 2 N–H and O–H groups in total. The highest BCUT2D eigenvalue weighted by atomic mass is 19.4. The van der Waals surface area contributed by atoms with E-state index in [0.29, 0.717) is 13.0 Å². The van der Waals surface area contributed by atoms with Crippen LogP contribution in [-0.4, -0.2) is 54.4 Å². The Hall–Kier alpha value is -0.820. The van der Waals surface area contributed by atoms with Crippen molar-refractivity contribution in [2.75, 3.05) is 20.1 Å². The molecule has 1 fully saturated rings. The largest absolute Gasteiger partial charge is 0.480 e. The second-order valence-corrected chi connectivity index (χ2v) is 4.79. The SMILES string of the molecule is CN(CCC(NC1CC1)C(=O)O)CCC(F)(F)F. The second kappa shape index (κ2) is 6.38. The fraction of sp³-hybridized carbons (Fsp3) is 0.909. The third-order valence-corrected chi connectivity index (χ3v) is 2.89. The molecule has 4 nitrogen and oxygen atoms in total. The van der Waals surface area contributed by atoms with Crippen molar-refractivity contribution < 1.29 is 23.1 Å². The van der Waals surface area contributed by atoms with Gasteiger partial charge in [0.1, 0.15) is 6.04 Å². The van der Waals surface area contributed by atoms with E-state index < -0.39 is 24.6 Å². The van der Waals surface area contributed by atoms with Gasteiger partial charge < -0.3 is 15.3 Å². The Bertz CT molecular complexity index is 280. The van der Waals surface area contributed by atoms with E-state index in [1.807, 2.05) is 0 Å². The van der Waals surface area contributed by atoms with Gasteiger partial charge in [-0.3, -0.25) is 4.79 Å². The number of halogens is 3. The van der Waals surface area contributed by atoms with E-state index in [0.717, 1.165) is 12.8 Å². The molecule has 1 rings (SSSR count). The van der Waals surface area contributed by atoms with Crippen molar-refractivity contribution in [3.63, 3.8) is 0 Å². The summed E-state index contributed by atoms with van der Waals surface area (Å²) in [5.74, 6) is -0.939. The molecule has 1 aliphatic rings. The van der Waals surface area contributed by atoms with Gasteiger partial charge in [-0.1, -0.05) is 0 Å². The van der Waals surface area contributed by atoms with E-state index in [4.69, 9.17) is 5.11 Å². The highest BCUT2D eigenvalue weighted by Gasteiger charge is 2.29. The number of rotatable bonds is 8. The molecule has 0 saturated heterocycles. The first-order valence-electron chi connectivity index (χ1n) is 6.02. The van der Waals surface area contributed by atoms with Crippen LogP contribution >= 0.6 is 0 Å². The molecule has 1 unspecified atom stereocenters. The number of carboxylic acids is 1. The zero-order chi connectivity index (χ0) is 13.8. The number of carbonyl (C=O) groups is 1. The van der Waals surface area contributed by atoms with Crippen LogP contribution < -0.4 is 5.32 Å². The lowest BCUT2D eigenvalue weighted by atomic mass is 10.2. The van der Waals surface area contributed by atoms with Crippen molar-refractivity contribution >= 4 is 5.97 Å². The number of nitrogens with zero attached hydrogens (tertiary/aromatic N) is 1. The summed E-state index contributed by atoms with van der Waals surface area (Å²) >= 11 is 0. The fourth-order valence-corrected chi connectivity index (χ4v) is 1.59. The number of carboxylic acid groups (broad SMARTS) is 1. The Labute approximate surface area is 104 Å². The van der Waals surface area contributed by atoms with Gasteiger partial charge in [-0.05, 0) is 32.9 Å². The molecule has 18 heavy (non-hydrogen) atoms. The van der Waals surface area contributed by atoms with Gasteiger partial charge in [0.25, 0.3) is 0 Å². The second-order valence-electron chi connectivity index (χ2n) is 4.79. The van der Waals surface area contributed by atoms with E-state index >= 15 is 0 Å². The van der Waals surface area contributed by atoms with Crippen molar-refractivity contribution in [1.82, 2.24) is 10.2 Å². The van der Waals surface area contributed by atoms with Crippen LogP contribution in [0.5, 0.6) is 0 Å². The van der Waals surface area contributed by atoms with E-state index in [2.05, 4.69) is 5.32 Å². The Morgan fingerprint density at radius 1 is 1.44 bits per heavy atom. The normalized spacial score (nSPS) is 18.1. The third kappa shape index (κ3) is 6.80. The maximum Gasteiger partial charge on any atom is 0.390 e. The number of nitrogens with one attached hydrogen (secondary N) is 1. The van der Waals surface area contributed by atoms with Gasteiger partial charge in [-0.15, -0.1) is 0 Å². The number of aliphatic carboxylic acids is 1. The molecule has 0 aliphatic heterocycles. The number of hydrogen-bond donors (Lipinski definition) is 2. The number of alkyl halides is 3. The van der Waals surface area contributed by atoms with Crippen molar-refractivity contribution in [3.05, 3.63) is 0 Å². The zero-order valence-corrected chi connectivity index (χ0v) is 10.3. The highest BCUT2D eigenvalue weighted by molar-refractivity contribution is 5.73. The Balaban J connectivity index is 2.21. The van der Waals surface area contributed by atoms with Crippen molar-refractivity contribution in [3.8, 4) is 0 Å². The molecule has 0 aromatic heterocycles. The predicted molar refractivity (Wildman–Crippen MR) is 60.4 cm³/mol. The molecular formula is C11H19F3N2O2. The summed E-state index contributed by atoms with van der Waals surface area (Å²) in [5.41, 5.74) is 0. The molecule has 0 heterocycles. The van der Waals surface area contributed by atoms with Gasteiger partial charge in [-0.25, -0.2) is 0 Å². The Morgan fingerprint density at radius 2 is 2.06 bits per heavy atom. The summed E-state index contributed by atoms with van der Waals surface area (Å²) in [4.78, 5) is 12.4. The summed E-state index contributed by atoms with van der Waals surface area (Å²) in [6.07, 6.45) is -2.74. The smallest absolute Gasteiger partial charge is 0.390 e. The molecule has 7 heteroatoms. The third-order valence-electron chi connectivity index (χ3n) is 2.89. The van der Waals surface area contributed by atoms with Crippen LogP contribution in [0, 0.1) is 0 Å². The molecule has 106 valence electrons. The molecule has 0 radical (unpaired) electrons. The highest BCUT2D eigenvalue weighted by Crippen LogP contribution is 2.21. The Morgan fingerprint density at radius 3 is 2.50 bits per heavy atom. The van der Waals surface area contributed by atoms with Crippen LogP contribution in [0.25, 0.3) is 0 Å². The van der Waals surface area contributed by atoms with Gasteiger partial charge >= 0.3 is 12.1 Å². The Kier molecular flexibility index (Phi) is 5.40. The van der Waals surface area contributed by atoms with E-state index in [1.165, 1.54) is 4.90 Å². The molecule has 1 saturated carbocycles. The molecule has 1 atom stereocenters. The monoisotopic (exact) mass is 268 g/mol. The van der Waals surface area contributed by atoms with Gasteiger partial charge in [0.05, 0.1) is 6.42 Å². The predicted octanol–water partition coefficient (Wildman–Crippen LogP) is 1.47. The molecule has 0 bridgehead atoms. The lowest BCUT2D eigenvalue weighted by Gasteiger charge is -2.20. The summed E-state index contributed by atoms with van der Waals surface area (Å²) in [6, 6.07) is -0.391. The van der Waals surface area contributed by atoms with Crippen molar-refractivity contribution in [2.24, 2.45) is 0 Å². The molecule has 0 spiro atoms. The average molecular weight is 268 g/mol. The quantitative estimate of drug-likeness (QED) is 0.700. The minimum absolute atomic E-state index is 0.0979. The van der Waals surface area contributed by atoms with Crippen LogP contribution in [0.2, 0.25) is 0 Å². The average Bonchev–Trinajstić information content (AvgIpc) is 3.03. The fourth-order valence-electron chi connectivity index (χ4n) is 1.59. The number of hydrogen-bond acceptors (Lipinski definition) is 3. The van der Waals surface area contributed by atoms with Gasteiger partial charge in [0, 0.05) is 12.6 Å². The molecule has 1 aliphatic carbocycles. The minimum atomic E-state index is -4.16. The van der Waals surface area contributed by atoms with Crippen LogP contribution in [0.4, 0.5) is 13.2 Å². The maximum atomic E-state index is 12.0. The summed E-state index contributed by atoms with van der Waals surface area (Å²) in [6.45, 7) is 0.242. The van der Waals surface area contributed by atoms with Gasteiger partial charge in [0.15, 0.2) is 0 Å². The van der Waals surface area contributed by atoms with Crippen LogP contribution in [0.1, 0.15) is 25.7 Å². The van der Waals surface area contributed by atoms with Crippen LogP contribution in [0.3, 0.4) is 0 Å². The summed E-state index contributed by atoms with van der Waals surface area (Å²) < 4.78 is 36.0. The lowest BCUT2D eigenvalue weighted by molar-refractivity contribution is -0.141. The van der Waals surface area contributed by atoms with E-state index in [9.17, 15) is 18.0 Å². The first-order valence-corrected chi connectivity index (χ1v) is 6.02.